The third-order valence-electron chi connectivity index (χ3n) is 4.31. The van der Waals surface area contributed by atoms with Crippen molar-refractivity contribution < 1.29 is 23.9 Å². The molecule has 0 aliphatic heterocycles. The number of carbonyl (C=O) groups is 3. The molecule has 1 aromatic heterocycles. The molecule has 1 aromatic carbocycles. The van der Waals surface area contributed by atoms with Crippen LogP contribution in [0.2, 0.25) is 0 Å². The second-order valence-electron chi connectivity index (χ2n) is 6.07. The van der Waals surface area contributed by atoms with E-state index in [0.29, 0.717) is 11.1 Å². The summed E-state index contributed by atoms with van der Waals surface area (Å²) in [6.45, 7) is 6.45. The number of esters is 2. The number of aryl methyl sites for hydroxylation is 1. The highest BCUT2D eigenvalue weighted by Crippen LogP contribution is 2.16. The fraction of sp³-hybridized carbons (Fsp3) is 0.350. The van der Waals surface area contributed by atoms with Crippen LogP contribution in [0.4, 0.5) is 0 Å². The molecule has 0 fully saturated rings. The first kappa shape index (κ1) is 20.2. The molecule has 2 rings (SSSR count). The number of amides is 1. The first-order chi connectivity index (χ1) is 12.9. The molecule has 1 heterocycles. The zero-order valence-corrected chi connectivity index (χ0v) is 16.0. The number of methoxy groups -OCH3 is 1. The summed E-state index contributed by atoms with van der Waals surface area (Å²) in [6.07, 6.45) is 0. The Morgan fingerprint density at radius 2 is 1.74 bits per heavy atom. The van der Waals surface area contributed by atoms with E-state index < -0.39 is 17.8 Å². The van der Waals surface area contributed by atoms with Gasteiger partial charge in [0.1, 0.15) is 0 Å². The van der Waals surface area contributed by atoms with E-state index in [9.17, 15) is 14.4 Å². The number of carbonyl (C=O) groups excluding carboxylic acids is 3. The average molecular weight is 372 g/mol. The van der Waals surface area contributed by atoms with Gasteiger partial charge in [-0.1, -0.05) is 12.1 Å². The van der Waals surface area contributed by atoms with Crippen molar-refractivity contribution in [3.05, 3.63) is 58.4 Å². The largest absolute Gasteiger partial charge is 0.465 e. The van der Waals surface area contributed by atoms with Crippen LogP contribution in [0.15, 0.2) is 30.3 Å². The Kier molecular flexibility index (Phi) is 6.76. The Labute approximate surface area is 158 Å². The number of hydrogen-bond acceptors (Lipinski definition) is 5. The molecule has 7 heteroatoms. The van der Waals surface area contributed by atoms with Gasteiger partial charge in [-0.15, -0.1) is 0 Å². The molecule has 2 aromatic rings. The van der Waals surface area contributed by atoms with Crippen LogP contribution in [0.25, 0.3) is 0 Å². The van der Waals surface area contributed by atoms with E-state index in [1.165, 1.54) is 7.11 Å². The van der Waals surface area contributed by atoms with Crippen molar-refractivity contribution in [2.45, 2.75) is 33.9 Å². The molecule has 0 aliphatic rings. The third kappa shape index (κ3) is 4.97. The summed E-state index contributed by atoms with van der Waals surface area (Å²) in [5, 5.41) is 2.67. The Balaban J connectivity index is 1.84. The van der Waals surface area contributed by atoms with Gasteiger partial charge in [0, 0.05) is 24.5 Å². The summed E-state index contributed by atoms with van der Waals surface area (Å²) in [5.41, 5.74) is 3.52. The maximum Gasteiger partial charge on any atom is 0.340 e. The number of aromatic nitrogens is 1. The van der Waals surface area contributed by atoms with Crippen LogP contribution >= 0.6 is 0 Å². The standard InChI is InChI=1S/C20H24N2O5/c1-5-22-13(2)10-17(14(22)3)20(25)27-12-18(23)21-11-15-6-8-16(9-7-15)19(24)26-4/h6-10H,5,11-12H2,1-4H3,(H,21,23). The highest BCUT2D eigenvalue weighted by Gasteiger charge is 2.17. The molecule has 0 radical (unpaired) electrons. The topological polar surface area (TPSA) is 86.6 Å². The van der Waals surface area contributed by atoms with Crippen LogP contribution in [0.5, 0.6) is 0 Å². The number of rotatable bonds is 7. The average Bonchev–Trinajstić information content (AvgIpc) is 2.97. The Morgan fingerprint density at radius 3 is 2.30 bits per heavy atom. The van der Waals surface area contributed by atoms with Gasteiger partial charge in [0.25, 0.3) is 5.91 Å². The van der Waals surface area contributed by atoms with E-state index in [4.69, 9.17) is 4.74 Å². The van der Waals surface area contributed by atoms with Crippen LogP contribution in [0.3, 0.4) is 0 Å². The lowest BCUT2D eigenvalue weighted by Gasteiger charge is -2.08. The molecule has 144 valence electrons. The molecule has 0 saturated heterocycles. The van der Waals surface area contributed by atoms with Crippen molar-refractivity contribution in [2.24, 2.45) is 0 Å². The van der Waals surface area contributed by atoms with Crippen molar-refractivity contribution in [3.8, 4) is 0 Å². The summed E-state index contributed by atoms with van der Waals surface area (Å²) in [4.78, 5) is 35.5. The van der Waals surface area contributed by atoms with E-state index in [1.54, 1.807) is 30.3 Å². The first-order valence-electron chi connectivity index (χ1n) is 8.65. The molecular weight excluding hydrogens is 348 g/mol. The predicted molar refractivity (Wildman–Crippen MR) is 99.5 cm³/mol. The lowest BCUT2D eigenvalue weighted by atomic mass is 10.1. The van der Waals surface area contributed by atoms with Crippen molar-refractivity contribution in [3.63, 3.8) is 0 Å². The summed E-state index contributed by atoms with van der Waals surface area (Å²) in [5.74, 6) is -1.33. The van der Waals surface area contributed by atoms with Gasteiger partial charge in [0.2, 0.25) is 0 Å². The van der Waals surface area contributed by atoms with Crippen molar-refractivity contribution in [1.82, 2.24) is 9.88 Å². The maximum absolute atomic E-state index is 12.2. The minimum atomic E-state index is -0.514. The first-order valence-corrected chi connectivity index (χ1v) is 8.65. The van der Waals surface area contributed by atoms with Gasteiger partial charge in [-0.3, -0.25) is 4.79 Å². The smallest absolute Gasteiger partial charge is 0.340 e. The molecule has 1 amide bonds. The Hall–Kier alpha value is -3.09. The fourth-order valence-electron chi connectivity index (χ4n) is 2.83. The molecule has 0 atom stereocenters. The summed E-state index contributed by atoms with van der Waals surface area (Å²) in [7, 11) is 1.32. The zero-order valence-electron chi connectivity index (χ0n) is 16.0. The van der Waals surface area contributed by atoms with Crippen molar-refractivity contribution in [1.29, 1.82) is 0 Å². The number of ether oxygens (including phenoxy) is 2. The second kappa shape index (κ2) is 9.02. The van der Waals surface area contributed by atoms with E-state index >= 15 is 0 Å². The monoisotopic (exact) mass is 372 g/mol. The van der Waals surface area contributed by atoms with E-state index in [0.717, 1.165) is 23.5 Å². The minimum absolute atomic E-state index is 0.266. The third-order valence-corrected chi connectivity index (χ3v) is 4.31. The molecule has 0 unspecified atom stereocenters. The normalized spacial score (nSPS) is 10.4. The Bertz CT molecular complexity index is 837. The highest BCUT2D eigenvalue weighted by atomic mass is 16.5. The van der Waals surface area contributed by atoms with Crippen molar-refractivity contribution in [2.75, 3.05) is 13.7 Å². The van der Waals surface area contributed by atoms with Crippen LogP contribution in [-0.2, 0) is 27.4 Å². The number of nitrogens with one attached hydrogen (secondary N) is 1. The zero-order chi connectivity index (χ0) is 20.0. The van der Waals surface area contributed by atoms with Crippen molar-refractivity contribution >= 4 is 17.8 Å². The van der Waals surface area contributed by atoms with Crippen LogP contribution in [-0.4, -0.2) is 36.1 Å². The number of hydrogen-bond donors (Lipinski definition) is 1. The molecule has 7 nitrogen and oxygen atoms in total. The van der Waals surface area contributed by atoms with Gasteiger partial charge >= 0.3 is 11.9 Å². The molecule has 27 heavy (non-hydrogen) atoms. The fourth-order valence-corrected chi connectivity index (χ4v) is 2.83. The molecule has 0 aliphatic carbocycles. The van der Waals surface area contributed by atoms with Crippen LogP contribution < -0.4 is 5.32 Å². The predicted octanol–water partition coefficient (Wildman–Crippen LogP) is 2.38. The maximum atomic E-state index is 12.2. The van der Waals surface area contributed by atoms with Crippen LogP contribution in [0.1, 0.15) is 44.6 Å². The Morgan fingerprint density at radius 1 is 1.07 bits per heavy atom. The van der Waals surface area contributed by atoms with E-state index in [1.807, 2.05) is 25.3 Å². The molecular formula is C20H24N2O5. The number of nitrogens with zero attached hydrogens (tertiary/aromatic N) is 1. The number of benzene rings is 1. The molecule has 0 bridgehead atoms. The van der Waals surface area contributed by atoms with Crippen LogP contribution in [0, 0.1) is 13.8 Å². The van der Waals surface area contributed by atoms with Gasteiger partial charge in [-0.05, 0) is 44.5 Å². The van der Waals surface area contributed by atoms with Gasteiger partial charge in [0.15, 0.2) is 6.61 Å². The van der Waals surface area contributed by atoms with Gasteiger partial charge in [-0.2, -0.15) is 0 Å². The van der Waals surface area contributed by atoms with Gasteiger partial charge < -0.3 is 19.4 Å². The summed E-state index contributed by atoms with van der Waals surface area (Å²) in [6, 6.07) is 8.45. The lowest BCUT2D eigenvalue weighted by Crippen LogP contribution is -2.28. The minimum Gasteiger partial charge on any atom is -0.465 e. The van der Waals surface area contributed by atoms with Gasteiger partial charge in [0.05, 0.1) is 18.2 Å². The molecule has 0 spiro atoms. The molecule has 0 saturated carbocycles. The SMILES string of the molecule is CCn1c(C)cc(C(=O)OCC(=O)NCc2ccc(C(=O)OC)cc2)c1C. The highest BCUT2D eigenvalue weighted by molar-refractivity contribution is 5.92. The molecule has 1 N–H and O–H groups in total. The van der Waals surface area contributed by atoms with E-state index in [2.05, 4.69) is 10.1 Å². The van der Waals surface area contributed by atoms with E-state index in [-0.39, 0.29) is 13.2 Å². The second-order valence-corrected chi connectivity index (χ2v) is 6.07. The van der Waals surface area contributed by atoms with Gasteiger partial charge in [-0.25, -0.2) is 9.59 Å². The summed E-state index contributed by atoms with van der Waals surface area (Å²) < 4.78 is 11.8. The quantitative estimate of drug-likeness (QED) is 0.754. The summed E-state index contributed by atoms with van der Waals surface area (Å²) >= 11 is 0. The lowest BCUT2D eigenvalue weighted by molar-refractivity contribution is -0.124.